The summed E-state index contributed by atoms with van der Waals surface area (Å²) < 4.78 is 28.2. The zero-order chi connectivity index (χ0) is 15.0. The Balaban J connectivity index is 2.74. The Labute approximate surface area is 112 Å². The third-order valence-electron chi connectivity index (χ3n) is 2.77. The molecule has 0 radical (unpaired) electrons. The molecule has 0 saturated heterocycles. The van der Waals surface area contributed by atoms with E-state index >= 15 is 0 Å². The van der Waals surface area contributed by atoms with Gasteiger partial charge in [0.05, 0.1) is 0 Å². The van der Waals surface area contributed by atoms with Crippen molar-refractivity contribution in [1.82, 2.24) is 9.78 Å². The molecule has 0 fully saturated rings. The summed E-state index contributed by atoms with van der Waals surface area (Å²) in [6.07, 6.45) is 1.15. The molecule has 0 atom stereocenters. The van der Waals surface area contributed by atoms with Gasteiger partial charge in [0, 0.05) is 17.8 Å². The molecule has 1 aromatic carbocycles. The highest BCUT2D eigenvalue weighted by molar-refractivity contribution is 5.85. The first-order valence-corrected chi connectivity index (χ1v) is 5.61. The first kappa shape index (κ1) is 13.9. The van der Waals surface area contributed by atoms with Gasteiger partial charge >= 0.3 is 5.97 Å². The Morgan fingerprint density at radius 1 is 1.20 bits per heavy atom. The summed E-state index contributed by atoms with van der Waals surface area (Å²) in [5.41, 5.74) is -1.59. The molecule has 0 spiro atoms. The van der Waals surface area contributed by atoms with E-state index in [1.165, 1.54) is 13.8 Å². The van der Waals surface area contributed by atoms with Crippen molar-refractivity contribution in [3.63, 3.8) is 0 Å². The first-order chi connectivity index (χ1) is 9.31. The van der Waals surface area contributed by atoms with Gasteiger partial charge in [-0.05, 0) is 25.5 Å². The second kappa shape index (κ2) is 4.84. The van der Waals surface area contributed by atoms with Gasteiger partial charge in [-0.2, -0.15) is 5.10 Å². The highest BCUT2D eigenvalue weighted by atomic mass is 19.1. The van der Waals surface area contributed by atoms with E-state index in [0.29, 0.717) is 0 Å². The molecular weight excluding hydrogens is 270 g/mol. The van der Waals surface area contributed by atoms with Gasteiger partial charge in [-0.25, -0.2) is 18.3 Å². The van der Waals surface area contributed by atoms with Crippen LogP contribution in [0.5, 0.6) is 0 Å². The average molecular weight is 280 g/mol. The number of nitrogens with zero attached hydrogens (tertiary/aromatic N) is 2. The van der Waals surface area contributed by atoms with E-state index in [1.54, 1.807) is 0 Å². The fourth-order valence-electron chi connectivity index (χ4n) is 1.69. The Morgan fingerprint density at radius 2 is 1.85 bits per heavy atom. The number of aromatic nitrogens is 2. The third-order valence-corrected chi connectivity index (χ3v) is 2.77. The van der Waals surface area contributed by atoms with Crippen LogP contribution in [0.1, 0.15) is 21.6 Å². The monoisotopic (exact) mass is 280 g/mol. The number of carboxylic acid groups (broad SMARTS) is 1. The Hall–Kier alpha value is -2.57. The molecule has 2 aromatic rings. The van der Waals surface area contributed by atoms with Crippen LogP contribution in [-0.2, 0) is 0 Å². The van der Waals surface area contributed by atoms with Crippen molar-refractivity contribution in [2.45, 2.75) is 13.8 Å². The van der Waals surface area contributed by atoms with Crippen LogP contribution in [-0.4, -0.2) is 20.9 Å². The van der Waals surface area contributed by atoms with Crippen molar-refractivity contribution < 1.29 is 18.7 Å². The second-order valence-corrected chi connectivity index (χ2v) is 4.29. The van der Waals surface area contributed by atoms with Gasteiger partial charge in [0.1, 0.15) is 17.3 Å². The van der Waals surface area contributed by atoms with E-state index in [0.717, 1.165) is 23.0 Å². The molecule has 1 N–H and O–H groups in total. The van der Waals surface area contributed by atoms with Crippen molar-refractivity contribution in [3.8, 4) is 5.69 Å². The lowest BCUT2D eigenvalue weighted by atomic mass is 10.2. The van der Waals surface area contributed by atoms with Gasteiger partial charge < -0.3 is 5.11 Å². The summed E-state index contributed by atoms with van der Waals surface area (Å²) in [5, 5.41) is 12.4. The molecule has 7 heteroatoms. The molecular formula is C13H10F2N2O3. The van der Waals surface area contributed by atoms with Gasteiger partial charge in [0.15, 0.2) is 0 Å². The lowest BCUT2D eigenvalue weighted by Gasteiger charge is -2.09. The van der Waals surface area contributed by atoms with Crippen molar-refractivity contribution in [2.75, 3.05) is 0 Å². The number of carbonyl (C=O) groups is 1. The van der Waals surface area contributed by atoms with Crippen LogP contribution in [0.25, 0.3) is 5.69 Å². The number of benzene rings is 1. The zero-order valence-corrected chi connectivity index (χ0v) is 10.6. The largest absolute Gasteiger partial charge is 0.476 e. The van der Waals surface area contributed by atoms with Crippen LogP contribution in [0.3, 0.4) is 0 Å². The number of rotatable bonds is 2. The van der Waals surface area contributed by atoms with Gasteiger partial charge in [-0.3, -0.25) is 4.79 Å². The Kier molecular flexibility index (Phi) is 3.35. The zero-order valence-electron chi connectivity index (χ0n) is 10.6. The van der Waals surface area contributed by atoms with Crippen LogP contribution >= 0.6 is 0 Å². The molecule has 0 bridgehead atoms. The molecule has 0 unspecified atom stereocenters. The van der Waals surface area contributed by atoms with Gasteiger partial charge in [0.2, 0.25) is 11.1 Å². The fraction of sp³-hybridized carbons (Fsp3) is 0.154. The van der Waals surface area contributed by atoms with E-state index in [2.05, 4.69) is 5.10 Å². The van der Waals surface area contributed by atoms with Crippen LogP contribution in [0.4, 0.5) is 8.78 Å². The predicted molar refractivity (Wildman–Crippen MR) is 66.2 cm³/mol. The molecule has 0 amide bonds. The maximum Gasteiger partial charge on any atom is 0.360 e. The summed E-state index contributed by atoms with van der Waals surface area (Å²) >= 11 is 0. The van der Waals surface area contributed by atoms with E-state index in [1.807, 2.05) is 0 Å². The van der Waals surface area contributed by atoms with Gasteiger partial charge in [-0.15, -0.1) is 0 Å². The number of aryl methyl sites for hydroxylation is 2. The maximum absolute atomic E-state index is 13.8. The van der Waals surface area contributed by atoms with Crippen molar-refractivity contribution >= 4 is 5.97 Å². The number of aromatic carboxylic acids is 1. The molecule has 104 valence electrons. The van der Waals surface area contributed by atoms with Gasteiger partial charge in [0.25, 0.3) is 0 Å². The van der Waals surface area contributed by atoms with E-state index in [9.17, 15) is 18.4 Å². The van der Waals surface area contributed by atoms with Crippen molar-refractivity contribution in [2.24, 2.45) is 0 Å². The lowest BCUT2D eigenvalue weighted by molar-refractivity contribution is 0.0686. The lowest BCUT2D eigenvalue weighted by Crippen LogP contribution is -2.23. The number of halogens is 2. The molecule has 0 aliphatic carbocycles. The first-order valence-electron chi connectivity index (χ1n) is 5.61. The molecule has 0 saturated carbocycles. The fourth-order valence-corrected chi connectivity index (χ4v) is 1.69. The molecule has 5 nitrogen and oxygen atoms in total. The summed E-state index contributed by atoms with van der Waals surface area (Å²) in [6, 6.07) is 1.87. The van der Waals surface area contributed by atoms with E-state index in [4.69, 9.17) is 5.11 Å². The minimum Gasteiger partial charge on any atom is -0.476 e. The van der Waals surface area contributed by atoms with Crippen molar-refractivity contribution in [1.29, 1.82) is 0 Å². The Morgan fingerprint density at radius 3 is 2.45 bits per heavy atom. The predicted octanol–water partition coefficient (Wildman–Crippen LogP) is 1.83. The van der Waals surface area contributed by atoms with Crippen LogP contribution in [0, 0.1) is 25.5 Å². The van der Waals surface area contributed by atoms with Crippen LogP contribution < -0.4 is 5.43 Å². The molecule has 0 aliphatic heterocycles. The summed E-state index contributed by atoms with van der Waals surface area (Å²) in [6.45, 7) is 2.77. The average Bonchev–Trinajstić information content (AvgIpc) is 2.36. The summed E-state index contributed by atoms with van der Waals surface area (Å²) in [5.74, 6) is -2.95. The van der Waals surface area contributed by atoms with Crippen LogP contribution in [0.2, 0.25) is 0 Å². The quantitative estimate of drug-likeness (QED) is 0.910. The van der Waals surface area contributed by atoms with E-state index in [-0.39, 0.29) is 16.8 Å². The van der Waals surface area contributed by atoms with E-state index < -0.39 is 28.7 Å². The van der Waals surface area contributed by atoms with Crippen LogP contribution in [0.15, 0.2) is 23.1 Å². The number of carboxylic acids is 1. The molecule has 0 aliphatic rings. The molecule has 1 heterocycles. The maximum atomic E-state index is 13.8. The molecule has 2 rings (SSSR count). The second-order valence-electron chi connectivity index (χ2n) is 4.29. The minimum absolute atomic E-state index is 0.0674. The topological polar surface area (TPSA) is 72.2 Å². The molecule has 20 heavy (non-hydrogen) atoms. The normalized spacial score (nSPS) is 10.6. The van der Waals surface area contributed by atoms with Crippen molar-refractivity contribution in [3.05, 3.63) is 57.0 Å². The number of hydrogen-bond donors (Lipinski definition) is 1. The van der Waals surface area contributed by atoms with Gasteiger partial charge in [-0.1, -0.05) is 0 Å². The highest BCUT2D eigenvalue weighted by Gasteiger charge is 2.16. The highest BCUT2D eigenvalue weighted by Crippen LogP contribution is 2.17. The minimum atomic E-state index is -1.53. The summed E-state index contributed by atoms with van der Waals surface area (Å²) in [7, 11) is 0. The molecule has 1 aromatic heterocycles. The standard InChI is InChI=1S/C13H10F2N2O3/c1-6-3-9(15)10(4-8(6)14)17-5-7(2)12(18)11(16-17)13(19)20/h3-5H,1-2H3,(H,19,20). The summed E-state index contributed by atoms with van der Waals surface area (Å²) in [4.78, 5) is 22.5. The SMILES string of the molecule is Cc1cc(F)c(-n2cc(C)c(=O)c(C(=O)O)n2)cc1F. The smallest absolute Gasteiger partial charge is 0.360 e. The Bertz CT molecular complexity index is 769. The third kappa shape index (κ3) is 2.29. The number of hydrogen-bond acceptors (Lipinski definition) is 3.